The van der Waals surface area contributed by atoms with Crippen LogP contribution >= 0.6 is 0 Å². The Morgan fingerprint density at radius 1 is 1.06 bits per heavy atom. The number of carbonyl (C=O) groups excluding carboxylic acids is 1. The first-order valence-corrected chi connectivity index (χ1v) is 13.1. The first-order chi connectivity index (χ1) is 15.3. The first-order valence-electron chi connectivity index (χ1n) is 11.3. The maximum Gasteiger partial charge on any atom is 0.251 e. The molecule has 0 radical (unpaired) electrons. The molecule has 0 saturated carbocycles. The fourth-order valence-electron chi connectivity index (χ4n) is 4.72. The molecule has 1 N–H and O–H groups in total. The summed E-state index contributed by atoms with van der Waals surface area (Å²) in [5.74, 6) is -0.104. The number of benzene rings is 2. The van der Waals surface area contributed by atoms with Gasteiger partial charge < -0.3 is 10.2 Å². The van der Waals surface area contributed by atoms with Crippen LogP contribution in [-0.2, 0) is 16.4 Å². The molecule has 2 aromatic carbocycles. The van der Waals surface area contributed by atoms with Gasteiger partial charge in [-0.3, -0.25) is 14.0 Å². The number of fused-ring (bicyclic) bond motifs is 1. The van der Waals surface area contributed by atoms with Crippen molar-refractivity contribution in [2.24, 2.45) is 0 Å². The lowest BCUT2D eigenvalue weighted by Gasteiger charge is -2.36. The lowest BCUT2D eigenvalue weighted by molar-refractivity contribution is 0.0951. The molecule has 1 amide bonds. The number of carbonyl (C=O) groups is 1. The lowest BCUT2D eigenvalue weighted by Crippen LogP contribution is -2.47. The van der Waals surface area contributed by atoms with Crippen LogP contribution in [-0.4, -0.2) is 70.8 Å². The predicted octanol–water partition coefficient (Wildman–Crippen LogP) is 2.34. The molecule has 1 saturated heterocycles. The Labute approximate surface area is 191 Å². The van der Waals surface area contributed by atoms with Crippen LogP contribution in [0.4, 0.5) is 11.4 Å². The van der Waals surface area contributed by atoms with Gasteiger partial charge in [-0.05, 0) is 62.2 Å². The van der Waals surface area contributed by atoms with Gasteiger partial charge in [0, 0.05) is 50.0 Å². The minimum absolute atomic E-state index is 0.104. The topological polar surface area (TPSA) is 73.0 Å². The summed E-state index contributed by atoms with van der Waals surface area (Å²) >= 11 is 0. The highest BCUT2D eigenvalue weighted by Crippen LogP contribution is 2.34. The zero-order valence-electron chi connectivity index (χ0n) is 18.8. The highest BCUT2D eigenvalue weighted by Gasteiger charge is 2.32. The molecule has 0 aromatic heterocycles. The van der Waals surface area contributed by atoms with Crippen molar-refractivity contribution in [2.75, 3.05) is 54.7 Å². The Morgan fingerprint density at radius 2 is 1.78 bits per heavy atom. The van der Waals surface area contributed by atoms with Crippen LogP contribution in [0.2, 0.25) is 0 Å². The van der Waals surface area contributed by atoms with Crippen molar-refractivity contribution in [2.45, 2.75) is 25.8 Å². The third kappa shape index (κ3) is 5.07. The van der Waals surface area contributed by atoms with E-state index < -0.39 is 10.0 Å². The zero-order valence-corrected chi connectivity index (χ0v) is 19.6. The van der Waals surface area contributed by atoms with E-state index in [0.717, 1.165) is 44.7 Å². The Bertz CT molecular complexity index is 1050. The highest BCUT2D eigenvalue weighted by atomic mass is 32.2. The Kier molecular flexibility index (Phi) is 6.71. The van der Waals surface area contributed by atoms with Gasteiger partial charge in [-0.1, -0.05) is 18.2 Å². The molecule has 4 rings (SSSR count). The van der Waals surface area contributed by atoms with Gasteiger partial charge in [0.05, 0.1) is 11.9 Å². The smallest absolute Gasteiger partial charge is 0.251 e. The highest BCUT2D eigenvalue weighted by molar-refractivity contribution is 7.92. The van der Waals surface area contributed by atoms with Crippen LogP contribution < -0.4 is 14.5 Å². The molecule has 8 heteroatoms. The molecule has 0 spiro atoms. The second-order valence-corrected chi connectivity index (χ2v) is 10.6. The Morgan fingerprint density at radius 3 is 2.47 bits per heavy atom. The van der Waals surface area contributed by atoms with Gasteiger partial charge in [0.2, 0.25) is 10.0 Å². The average molecular weight is 457 g/mol. The van der Waals surface area contributed by atoms with Gasteiger partial charge >= 0.3 is 0 Å². The number of para-hydroxylation sites is 1. The van der Waals surface area contributed by atoms with Gasteiger partial charge in [-0.15, -0.1) is 0 Å². The second kappa shape index (κ2) is 9.50. The van der Waals surface area contributed by atoms with Gasteiger partial charge in [0.15, 0.2) is 0 Å². The van der Waals surface area contributed by atoms with Crippen molar-refractivity contribution >= 4 is 27.3 Å². The minimum atomic E-state index is -3.32. The number of amides is 1. The molecule has 2 aliphatic heterocycles. The summed E-state index contributed by atoms with van der Waals surface area (Å²) in [6.07, 6.45) is 2.75. The lowest BCUT2D eigenvalue weighted by atomic mass is 10.1. The van der Waals surface area contributed by atoms with E-state index >= 15 is 0 Å². The van der Waals surface area contributed by atoms with Crippen molar-refractivity contribution in [1.82, 2.24) is 10.2 Å². The molecule has 0 bridgehead atoms. The van der Waals surface area contributed by atoms with E-state index in [-0.39, 0.29) is 11.9 Å². The molecule has 172 valence electrons. The van der Waals surface area contributed by atoms with Crippen LogP contribution in [0.1, 0.15) is 29.3 Å². The van der Waals surface area contributed by atoms with E-state index in [4.69, 9.17) is 0 Å². The largest absolute Gasteiger partial charge is 0.369 e. The molecular weight excluding hydrogens is 424 g/mol. The van der Waals surface area contributed by atoms with Gasteiger partial charge in [0.25, 0.3) is 5.91 Å². The number of piperazine rings is 1. The number of nitrogens with one attached hydrogen (secondary N) is 1. The summed E-state index contributed by atoms with van der Waals surface area (Å²) in [6.45, 7) is 7.59. The van der Waals surface area contributed by atoms with E-state index in [1.807, 2.05) is 19.1 Å². The SMILES string of the molecule is CC1Cc2cc(C(=O)NCCCN3CCN(c4ccccc4)CC3)ccc2N1S(C)(=O)=O. The Balaban J connectivity index is 1.22. The van der Waals surface area contributed by atoms with E-state index in [2.05, 4.69) is 39.4 Å². The molecule has 1 unspecified atom stereocenters. The molecular formula is C24H32N4O3S. The van der Waals surface area contributed by atoms with Crippen LogP contribution in [0, 0.1) is 0 Å². The summed E-state index contributed by atoms with van der Waals surface area (Å²) in [5, 5.41) is 3.01. The van der Waals surface area contributed by atoms with E-state index in [0.29, 0.717) is 24.2 Å². The van der Waals surface area contributed by atoms with Crippen molar-refractivity contribution in [3.8, 4) is 0 Å². The van der Waals surface area contributed by atoms with Crippen LogP contribution in [0.25, 0.3) is 0 Å². The maximum atomic E-state index is 12.6. The van der Waals surface area contributed by atoms with Gasteiger partial charge in [-0.25, -0.2) is 8.42 Å². The monoisotopic (exact) mass is 456 g/mol. The zero-order chi connectivity index (χ0) is 22.7. The van der Waals surface area contributed by atoms with E-state index in [1.54, 1.807) is 12.1 Å². The number of sulfonamides is 1. The van der Waals surface area contributed by atoms with E-state index in [1.165, 1.54) is 16.2 Å². The fraction of sp³-hybridized carbons (Fsp3) is 0.458. The molecule has 0 aliphatic carbocycles. The standard InChI is InChI=1S/C24H32N4O3S/c1-19-17-21-18-20(9-10-23(21)28(19)32(2,30)31)24(29)25-11-6-12-26-13-15-27(16-14-26)22-7-4-3-5-8-22/h3-5,7-10,18-19H,6,11-17H2,1-2H3,(H,25,29). The van der Waals surface area contributed by atoms with Gasteiger partial charge in [-0.2, -0.15) is 0 Å². The number of hydrogen-bond donors (Lipinski definition) is 1. The van der Waals surface area contributed by atoms with Gasteiger partial charge in [0.1, 0.15) is 0 Å². The summed E-state index contributed by atoms with van der Waals surface area (Å²) in [4.78, 5) is 17.5. The second-order valence-electron chi connectivity index (χ2n) is 8.73. The van der Waals surface area contributed by atoms with Crippen molar-refractivity contribution in [3.05, 3.63) is 59.7 Å². The number of nitrogens with zero attached hydrogens (tertiary/aromatic N) is 3. The van der Waals surface area contributed by atoms with Crippen molar-refractivity contribution in [1.29, 1.82) is 0 Å². The van der Waals surface area contributed by atoms with Crippen LogP contribution in [0.3, 0.4) is 0 Å². The molecule has 1 atom stereocenters. The Hall–Kier alpha value is -2.58. The molecule has 7 nitrogen and oxygen atoms in total. The number of hydrogen-bond acceptors (Lipinski definition) is 5. The van der Waals surface area contributed by atoms with Crippen LogP contribution in [0.15, 0.2) is 48.5 Å². The minimum Gasteiger partial charge on any atom is -0.369 e. The van der Waals surface area contributed by atoms with Crippen molar-refractivity contribution < 1.29 is 13.2 Å². The fourth-order valence-corrected chi connectivity index (χ4v) is 5.99. The number of rotatable bonds is 7. The third-order valence-corrected chi connectivity index (χ3v) is 7.55. The quantitative estimate of drug-likeness (QED) is 0.648. The molecule has 2 aromatic rings. The molecule has 2 aliphatic rings. The van der Waals surface area contributed by atoms with Crippen LogP contribution in [0.5, 0.6) is 0 Å². The normalized spacial score (nSPS) is 19.1. The summed E-state index contributed by atoms with van der Waals surface area (Å²) in [5.41, 5.74) is 3.46. The summed E-state index contributed by atoms with van der Waals surface area (Å²) in [6, 6.07) is 15.7. The molecule has 32 heavy (non-hydrogen) atoms. The molecule has 2 heterocycles. The summed E-state index contributed by atoms with van der Waals surface area (Å²) < 4.78 is 25.6. The maximum absolute atomic E-state index is 12.6. The molecule has 1 fully saturated rings. The number of anilines is 2. The average Bonchev–Trinajstić information content (AvgIpc) is 3.13. The first kappa shape index (κ1) is 22.6. The third-order valence-electron chi connectivity index (χ3n) is 6.28. The van der Waals surface area contributed by atoms with Crippen molar-refractivity contribution in [3.63, 3.8) is 0 Å². The van der Waals surface area contributed by atoms with E-state index in [9.17, 15) is 13.2 Å². The predicted molar refractivity (Wildman–Crippen MR) is 129 cm³/mol. The summed E-state index contributed by atoms with van der Waals surface area (Å²) in [7, 11) is -3.32.